The van der Waals surface area contributed by atoms with Crippen molar-refractivity contribution < 1.29 is 9.53 Å². The molecule has 1 heterocycles. The van der Waals surface area contributed by atoms with Crippen LogP contribution < -0.4 is 5.32 Å². The maximum absolute atomic E-state index is 11.3. The van der Waals surface area contributed by atoms with Gasteiger partial charge in [0.05, 0.1) is 18.6 Å². The minimum Gasteiger partial charge on any atom is -0.373 e. The molecule has 0 aromatic heterocycles. The number of β-lactam (4-membered cyclic amide) rings is 1. The zero-order valence-corrected chi connectivity index (χ0v) is 9.64. The molecule has 1 aromatic rings. The van der Waals surface area contributed by atoms with Crippen LogP contribution in [0.5, 0.6) is 0 Å². The number of ether oxygens (including phenoxy) is 1. The van der Waals surface area contributed by atoms with Gasteiger partial charge in [-0.1, -0.05) is 30.3 Å². The second-order valence-corrected chi connectivity index (χ2v) is 4.32. The number of carbonyl (C=O) groups is 1. The highest BCUT2D eigenvalue weighted by Gasteiger charge is 2.40. The van der Waals surface area contributed by atoms with Crippen LogP contribution in [0.1, 0.15) is 19.4 Å². The average molecular weight is 219 g/mol. The number of amides is 1. The van der Waals surface area contributed by atoms with Crippen molar-refractivity contribution in [3.63, 3.8) is 0 Å². The third-order valence-corrected chi connectivity index (χ3v) is 3.07. The van der Waals surface area contributed by atoms with Gasteiger partial charge >= 0.3 is 0 Å². The van der Waals surface area contributed by atoms with Crippen molar-refractivity contribution in [2.75, 3.05) is 0 Å². The molecule has 1 amide bonds. The molecule has 1 saturated heterocycles. The third-order valence-electron chi connectivity index (χ3n) is 3.07. The Bertz CT molecular complexity index is 363. The van der Waals surface area contributed by atoms with Gasteiger partial charge in [0.15, 0.2) is 0 Å². The van der Waals surface area contributed by atoms with Crippen molar-refractivity contribution in [2.24, 2.45) is 5.92 Å². The van der Waals surface area contributed by atoms with Gasteiger partial charge in [0, 0.05) is 6.04 Å². The summed E-state index contributed by atoms with van der Waals surface area (Å²) in [6, 6.07) is 10.2. The molecule has 2 rings (SSSR count). The summed E-state index contributed by atoms with van der Waals surface area (Å²) in [7, 11) is 0. The summed E-state index contributed by atoms with van der Waals surface area (Å²) in [6.45, 7) is 4.54. The molecule has 0 aliphatic carbocycles. The Balaban J connectivity index is 1.84. The van der Waals surface area contributed by atoms with Crippen LogP contribution in [0.4, 0.5) is 0 Å². The Morgan fingerprint density at radius 3 is 2.62 bits per heavy atom. The first-order chi connectivity index (χ1) is 7.68. The smallest absolute Gasteiger partial charge is 0.228 e. The molecule has 3 nitrogen and oxygen atoms in total. The van der Waals surface area contributed by atoms with E-state index in [2.05, 4.69) is 5.32 Å². The lowest BCUT2D eigenvalue weighted by atomic mass is 9.87. The van der Waals surface area contributed by atoms with E-state index >= 15 is 0 Å². The van der Waals surface area contributed by atoms with E-state index < -0.39 is 0 Å². The standard InChI is InChI=1S/C13H17NO2/c1-9-12(13(15)14-9)10(2)16-8-11-6-4-3-5-7-11/h3-7,9-10,12H,8H2,1-2H3,(H,14,15)/t9-,10+,12+/m1/s1. The summed E-state index contributed by atoms with van der Waals surface area (Å²) in [5.41, 5.74) is 1.14. The molecule has 3 atom stereocenters. The highest BCUT2D eigenvalue weighted by atomic mass is 16.5. The fraction of sp³-hybridized carbons (Fsp3) is 0.462. The molecule has 0 saturated carbocycles. The number of carbonyl (C=O) groups excluding carboxylic acids is 1. The molecule has 86 valence electrons. The largest absolute Gasteiger partial charge is 0.373 e. The van der Waals surface area contributed by atoms with E-state index in [1.807, 2.05) is 44.2 Å². The van der Waals surface area contributed by atoms with Gasteiger partial charge in [-0.05, 0) is 19.4 Å². The van der Waals surface area contributed by atoms with Crippen LogP contribution in [-0.4, -0.2) is 18.1 Å². The molecule has 1 N–H and O–H groups in total. The van der Waals surface area contributed by atoms with Crippen molar-refractivity contribution in [1.82, 2.24) is 5.32 Å². The highest BCUT2D eigenvalue weighted by molar-refractivity contribution is 5.86. The topological polar surface area (TPSA) is 38.3 Å². The third kappa shape index (κ3) is 2.25. The summed E-state index contributed by atoms with van der Waals surface area (Å²) in [6.07, 6.45) is -0.0241. The average Bonchev–Trinajstić information content (AvgIpc) is 2.27. The van der Waals surface area contributed by atoms with Crippen molar-refractivity contribution in [1.29, 1.82) is 0 Å². The minimum atomic E-state index is -0.0241. The van der Waals surface area contributed by atoms with E-state index in [1.54, 1.807) is 0 Å². The summed E-state index contributed by atoms with van der Waals surface area (Å²) in [5.74, 6) is 0.108. The van der Waals surface area contributed by atoms with Gasteiger partial charge in [0.2, 0.25) is 5.91 Å². The van der Waals surface area contributed by atoms with Crippen molar-refractivity contribution >= 4 is 5.91 Å². The Labute approximate surface area is 95.8 Å². The molecular formula is C13H17NO2. The predicted molar refractivity (Wildman–Crippen MR) is 61.8 cm³/mol. The second-order valence-electron chi connectivity index (χ2n) is 4.32. The molecule has 1 aliphatic rings. The van der Waals surface area contributed by atoms with Crippen molar-refractivity contribution in [3.05, 3.63) is 35.9 Å². The van der Waals surface area contributed by atoms with Crippen LogP contribution in [0.2, 0.25) is 0 Å². The van der Waals surface area contributed by atoms with E-state index in [0.29, 0.717) is 6.61 Å². The molecule has 0 bridgehead atoms. The molecule has 0 spiro atoms. The van der Waals surface area contributed by atoms with Gasteiger partial charge in [-0.15, -0.1) is 0 Å². The van der Waals surface area contributed by atoms with Gasteiger partial charge in [0.25, 0.3) is 0 Å². The van der Waals surface area contributed by atoms with E-state index in [9.17, 15) is 4.79 Å². The normalized spacial score (nSPS) is 25.8. The molecule has 1 fully saturated rings. The Morgan fingerprint density at radius 1 is 1.38 bits per heavy atom. The molecule has 0 unspecified atom stereocenters. The molecule has 16 heavy (non-hydrogen) atoms. The fourth-order valence-corrected chi connectivity index (χ4v) is 2.07. The summed E-state index contributed by atoms with van der Waals surface area (Å²) >= 11 is 0. The predicted octanol–water partition coefficient (Wildman–Crippen LogP) is 1.73. The molecule has 3 heteroatoms. The van der Waals surface area contributed by atoms with Crippen LogP contribution in [0.25, 0.3) is 0 Å². The van der Waals surface area contributed by atoms with E-state index in [-0.39, 0.29) is 24.0 Å². The monoisotopic (exact) mass is 219 g/mol. The number of hydrogen-bond acceptors (Lipinski definition) is 2. The van der Waals surface area contributed by atoms with Crippen molar-refractivity contribution in [2.45, 2.75) is 32.6 Å². The van der Waals surface area contributed by atoms with E-state index in [0.717, 1.165) is 5.56 Å². The van der Waals surface area contributed by atoms with Gasteiger partial charge in [-0.25, -0.2) is 0 Å². The summed E-state index contributed by atoms with van der Waals surface area (Å²) < 4.78 is 5.71. The lowest BCUT2D eigenvalue weighted by molar-refractivity contribution is -0.143. The first-order valence-corrected chi connectivity index (χ1v) is 5.64. The number of nitrogens with one attached hydrogen (secondary N) is 1. The number of hydrogen-bond donors (Lipinski definition) is 1. The lowest BCUT2D eigenvalue weighted by Crippen LogP contribution is -2.60. The van der Waals surface area contributed by atoms with E-state index in [1.165, 1.54) is 0 Å². The zero-order valence-electron chi connectivity index (χ0n) is 9.64. The Hall–Kier alpha value is -1.35. The molecule has 0 radical (unpaired) electrons. The lowest BCUT2D eigenvalue weighted by Gasteiger charge is -2.37. The first-order valence-electron chi connectivity index (χ1n) is 5.64. The number of benzene rings is 1. The maximum atomic E-state index is 11.3. The SMILES string of the molecule is C[C@H](OCc1ccccc1)[C@H]1C(=O)N[C@@H]1C. The van der Waals surface area contributed by atoms with Crippen LogP contribution in [0.3, 0.4) is 0 Å². The second kappa shape index (κ2) is 4.66. The van der Waals surface area contributed by atoms with Crippen LogP contribution in [-0.2, 0) is 16.1 Å². The molecular weight excluding hydrogens is 202 g/mol. The molecule has 1 aliphatic heterocycles. The van der Waals surface area contributed by atoms with Gasteiger partial charge < -0.3 is 10.1 Å². The van der Waals surface area contributed by atoms with E-state index in [4.69, 9.17) is 4.74 Å². The molecule has 1 aromatic carbocycles. The quantitative estimate of drug-likeness (QED) is 0.783. The highest BCUT2D eigenvalue weighted by Crippen LogP contribution is 2.21. The van der Waals surface area contributed by atoms with Gasteiger partial charge in [0.1, 0.15) is 0 Å². The summed E-state index contributed by atoms with van der Waals surface area (Å²) in [5, 5.41) is 2.82. The number of rotatable bonds is 4. The van der Waals surface area contributed by atoms with Crippen LogP contribution in [0, 0.1) is 5.92 Å². The Morgan fingerprint density at radius 2 is 2.06 bits per heavy atom. The maximum Gasteiger partial charge on any atom is 0.228 e. The zero-order chi connectivity index (χ0) is 11.5. The fourth-order valence-electron chi connectivity index (χ4n) is 2.07. The Kier molecular flexibility index (Phi) is 3.25. The van der Waals surface area contributed by atoms with Crippen molar-refractivity contribution in [3.8, 4) is 0 Å². The summed E-state index contributed by atoms with van der Waals surface area (Å²) in [4.78, 5) is 11.3. The minimum absolute atomic E-state index is 0.00344. The first kappa shape index (κ1) is 11.1. The van der Waals surface area contributed by atoms with Crippen LogP contribution >= 0.6 is 0 Å². The van der Waals surface area contributed by atoms with Gasteiger partial charge in [-0.3, -0.25) is 4.79 Å². The van der Waals surface area contributed by atoms with Crippen LogP contribution in [0.15, 0.2) is 30.3 Å². The van der Waals surface area contributed by atoms with Gasteiger partial charge in [-0.2, -0.15) is 0 Å².